The molecular formula is C17H20N2O2. The lowest BCUT2D eigenvalue weighted by molar-refractivity contribution is 0.457. The zero-order valence-corrected chi connectivity index (χ0v) is 12.3. The molecule has 0 unspecified atom stereocenters. The van der Waals surface area contributed by atoms with Crippen molar-refractivity contribution in [2.75, 3.05) is 0 Å². The van der Waals surface area contributed by atoms with Crippen LogP contribution in [0.3, 0.4) is 0 Å². The van der Waals surface area contributed by atoms with E-state index in [1.807, 2.05) is 12.1 Å². The molecule has 21 heavy (non-hydrogen) atoms. The number of hydrogen-bond acceptors (Lipinski definition) is 3. The zero-order valence-electron chi connectivity index (χ0n) is 12.3. The number of benzene rings is 1. The van der Waals surface area contributed by atoms with E-state index in [0.29, 0.717) is 11.8 Å². The van der Waals surface area contributed by atoms with Gasteiger partial charge in [-0.2, -0.15) is 4.98 Å². The minimum absolute atomic E-state index is 0.151. The van der Waals surface area contributed by atoms with Gasteiger partial charge in [-0.25, -0.2) is 0 Å². The maximum atomic E-state index is 11.6. The van der Waals surface area contributed by atoms with Crippen LogP contribution in [-0.4, -0.2) is 9.97 Å². The van der Waals surface area contributed by atoms with Gasteiger partial charge in [-0.3, -0.25) is 4.79 Å². The topological polar surface area (TPSA) is 55.0 Å². The summed E-state index contributed by atoms with van der Waals surface area (Å²) in [4.78, 5) is 18.8. The fraction of sp³-hybridized carbons (Fsp3) is 0.412. The first-order valence-electron chi connectivity index (χ1n) is 7.62. The fourth-order valence-electron chi connectivity index (χ4n) is 2.28. The second-order valence-corrected chi connectivity index (χ2v) is 5.59. The van der Waals surface area contributed by atoms with Crippen LogP contribution < -0.4 is 10.3 Å². The number of aromatic nitrogens is 2. The summed E-state index contributed by atoms with van der Waals surface area (Å²) in [6.45, 7) is 2.19. The predicted octanol–water partition coefficient (Wildman–Crippen LogP) is 3.78. The Morgan fingerprint density at radius 3 is 2.71 bits per heavy atom. The quantitative estimate of drug-likeness (QED) is 0.878. The van der Waals surface area contributed by atoms with E-state index in [0.717, 1.165) is 30.8 Å². The second-order valence-electron chi connectivity index (χ2n) is 5.59. The van der Waals surface area contributed by atoms with Gasteiger partial charge in [0.25, 0.3) is 5.56 Å². The number of ether oxygens (including phenoxy) is 1. The highest BCUT2D eigenvalue weighted by molar-refractivity contribution is 5.30. The minimum Gasteiger partial charge on any atom is -0.439 e. The Morgan fingerprint density at radius 2 is 2.05 bits per heavy atom. The third-order valence-electron chi connectivity index (χ3n) is 3.67. The van der Waals surface area contributed by atoms with Gasteiger partial charge in [-0.05, 0) is 43.4 Å². The van der Waals surface area contributed by atoms with Gasteiger partial charge in [0.05, 0.1) is 6.07 Å². The SMILES string of the molecule is CCCCc1ccc(Oc2cc(=O)[nH]c(C3CC3)n2)cc1. The van der Waals surface area contributed by atoms with Gasteiger partial charge in [-0.15, -0.1) is 0 Å². The highest BCUT2D eigenvalue weighted by Gasteiger charge is 2.26. The van der Waals surface area contributed by atoms with Crippen molar-refractivity contribution < 1.29 is 4.74 Å². The summed E-state index contributed by atoms with van der Waals surface area (Å²) in [7, 11) is 0. The molecule has 0 spiro atoms. The normalized spacial score (nSPS) is 14.1. The van der Waals surface area contributed by atoms with Gasteiger partial charge in [-0.1, -0.05) is 25.5 Å². The molecule has 1 aromatic carbocycles. The molecule has 0 amide bonds. The average Bonchev–Trinajstić information content (AvgIpc) is 3.30. The van der Waals surface area contributed by atoms with Gasteiger partial charge in [0.15, 0.2) is 0 Å². The van der Waals surface area contributed by atoms with E-state index in [1.54, 1.807) is 0 Å². The number of unbranched alkanes of at least 4 members (excludes halogenated alkanes) is 1. The summed E-state index contributed by atoms with van der Waals surface area (Å²) >= 11 is 0. The first kappa shape index (κ1) is 13.9. The van der Waals surface area contributed by atoms with E-state index < -0.39 is 0 Å². The van der Waals surface area contributed by atoms with E-state index in [1.165, 1.54) is 24.5 Å². The maximum Gasteiger partial charge on any atom is 0.254 e. The Bertz CT molecular complexity index is 657. The zero-order chi connectivity index (χ0) is 14.7. The predicted molar refractivity (Wildman–Crippen MR) is 82.0 cm³/mol. The van der Waals surface area contributed by atoms with Gasteiger partial charge < -0.3 is 9.72 Å². The van der Waals surface area contributed by atoms with E-state index in [4.69, 9.17) is 4.74 Å². The molecule has 0 atom stereocenters. The first-order valence-corrected chi connectivity index (χ1v) is 7.62. The Kier molecular flexibility index (Phi) is 4.04. The lowest BCUT2D eigenvalue weighted by Crippen LogP contribution is -2.10. The van der Waals surface area contributed by atoms with Crippen molar-refractivity contribution in [1.82, 2.24) is 9.97 Å². The van der Waals surface area contributed by atoms with Crippen LogP contribution in [0, 0.1) is 0 Å². The molecule has 1 fully saturated rings. The fourth-order valence-corrected chi connectivity index (χ4v) is 2.28. The van der Waals surface area contributed by atoms with Crippen LogP contribution in [0.25, 0.3) is 0 Å². The molecule has 1 aromatic heterocycles. The smallest absolute Gasteiger partial charge is 0.254 e. The second kappa shape index (κ2) is 6.12. The lowest BCUT2D eigenvalue weighted by atomic mass is 10.1. The average molecular weight is 284 g/mol. The van der Waals surface area contributed by atoms with Crippen LogP contribution in [0.5, 0.6) is 11.6 Å². The first-order chi connectivity index (χ1) is 10.2. The van der Waals surface area contributed by atoms with E-state index in [-0.39, 0.29) is 5.56 Å². The van der Waals surface area contributed by atoms with Gasteiger partial charge in [0.1, 0.15) is 11.6 Å². The Hall–Kier alpha value is -2.10. The Morgan fingerprint density at radius 1 is 1.29 bits per heavy atom. The van der Waals surface area contributed by atoms with Crippen LogP contribution in [-0.2, 0) is 6.42 Å². The number of nitrogens with one attached hydrogen (secondary N) is 1. The summed E-state index contributed by atoms with van der Waals surface area (Å²) in [6.07, 6.45) is 5.67. The molecule has 0 saturated heterocycles. The molecule has 110 valence electrons. The van der Waals surface area contributed by atoms with E-state index in [2.05, 4.69) is 29.0 Å². The maximum absolute atomic E-state index is 11.6. The molecular weight excluding hydrogens is 264 g/mol. The highest BCUT2D eigenvalue weighted by atomic mass is 16.5. The van der Waals surface area contributed by atoms with Crippen molar-refractivity contribution in [3.63, 3.8) is 0 Å². The molecule has 4 heteroatoms. The summed E-state index contributed by atoms with van der Waals surface area (Å²) in [5.41, 5.74) is 1.16. The summed E-state index contributed by atoms with van der Waals surface area (Å²) in [6, 6.07) is 9.41. The number of nitrogens with zero attached hydrogens (tertiary/aromatic N) is 1. The monoisotopic (exact) mass is 284 g/mol. The van der Waals surface area contributed by atoms with Crippen LogP contribution in [0.2, 0.25) is 0 Å². The third-order valence-corrected chi connectivity index (χ3v) is 3.67. The Labute approximate surface area is 124 Å². The van der Waals surface area contributed by atoms with Crippen molar-refractivity contribution in [3.8, 4) is 11.6 Å². The molecule has 0 bridgehead atoms. The number of aryl methyl sites for hydroxylation is 1. The van der Waals surface area contributed by atoms with Crippen molar-refractivity contribution in [2.24, 2.45) is 0 Å². The van der Waals surface area contributed by atoms with Gasteiger partial charge >= 0.3 is 0 Å². The standard InChI is InChI=1S/C17H20N2O2/c1-2-3-4-12-5-9-14(10-6-12)21-16-11-15(20)18-17(19-16)13-7-8-13/h5-6,9-11,13H,2-4,7-8H2,1H3,(H,18,19,20). The Balaban J connectivity index is 1.72. The molecule has 2 aromatic rings. The summed E-state index contributed by atoms with van der Waals surface area (Å²) in [5, 5.41) is 0. The van der Waals surface area contributed by atoms with Crippen LogP contribution in [0.1, 0.15) is 49.9 Å². The number of rotatable bonds is 6. The van der Waals surface area contributed by atoms with E-state index >= 15 is 0 Å². The molecule has 1 aliphatic rings. The summed E-state index contributed by atoms with van der Waals surface area (Å²) in [5.74, 6) is 2.24. The number of H-pyrrole nitrogens is 1. The molecule has 0 radical (unpaired) electrons. The number of hydrogen-bond donors (Lipinski definition) is 1. The van der Waals surface area contributed by atoms with Crippen LogP contribution in [0.15, 0.2) is 35.1 Å². The highest BCUT2D eigenvalue weighted by Crippen LogP contribution is 2.38. The molecule has 3 rings (SSSR count). The van der Waals surface area contributed by atoms with Crippen molar-refractivity contribution in [2.45, 2.75) is 44.9 Å². The molecule has 1 heterocycles. The van der Waals surface area contributed by atoms with Crippen molar-refractivity contribution in [3.05, 3.63) is 52.1 Å². The third kappa shape index (κ3) is 3.72. The molecule has 0 aliphatic heterocycles. The molecule has 1 aliphatic carbocycles. The van der Waals surface area contributed by atoms with Crippen LogP contribution in [0.4, 0.5) is 0 Å². The molecule has 4 nitrogen and oxygen atoms in total. The molecule has 1 N–H and O–H groups in total. The largest absolute Gasteiger partial charge is 0.439 e. The van der Waals surface area contributed by atoms with Gasteiger partial charge in [0.2, 0.25) is 5.88 Å². The number of aromatic amines is 1. The van der Waals surface area contributed by atoms with Gasteiger partial charge in [0, 0.05) is 5.92 Å². The molecule has 1 saturated carbocycles. The van der Waals surface area contributed by atoms with E-state index in [9.17, 15) is 4.79 Å². The lowest BCUT2D eigenvalue weighted by Gasteiger charge is -2.07. The minimum atomic E-state index is -0.151. The van der Waals surface area contributed by atoms with Crippen molar-refractivity contribution >= 4 is 0 Å². The summed E-state index contributed by atoms with van der Waals surface area (Å²) < 4.78 is 5.71. The van der Waals surface area contributed by atoms with Crippen molar-refractivity contribution in [1.29, 1.82) is 0 Å². The van der Waals surface area contributed by atoms with Crippen LogP contribution >= 0.6 is 0 Å².